The molecule has 0 aromatic heterocycles. The van der Waals surface area contributed by atoms with Crippen LogP contribution in [0.3, 0.4) is 0 Å². The van der Waals surface area contributed by atoms with Crippen LogP contribution in [-0.2, 0) is 110 Å². The number of methoxy groups -OCH3 is 1. The molecule has 9 aromatic carbocycles. The molecule has 6 saturated heterocycles. The van der Waals surface area contributed by atoms with E-state index in [0.717, 1.165) is 22.3 Å². The number of hydrogen-bond acceptors (Lipinski definition) is 23. The SMILES string of the molecule is COC1C2OC(c3ccccc3)OCC2OC(OC2C(COCc3ccccc3)OC(OC3C4OC(c5ccccc5)OCC4OC(OC4C(COCc5ccccc5)OC(OCc5ccccc5)C(OC(=O)c5ccccc5)C4C)C3OC(=O)c3ccccc3)C(OC(=O)c3ccccc3)C2C)C1OC(=O)c1ccccc1. The first-order valence-electron chi connectivity index (χ1n) is 38.1. The first-order valence-corrected chi connectivity index (χ1v) is 38.1. The van der Waals surface area contributed by atoms with Crippen LogP contribution in [0.4, 0.5) is 0 Å². The lowest BCUT2D eigenvalue weighted by Crippen LogP contribution is -2.68. The maximum Gasteiger partial charge on any atom is 0.338 e. The Morgan fingerprint density at radius 1 is 0.319 bits per heavy atom. The van der Waals surface area contributed by atoms with Crippen molar-refractivity contribution in [2.45, 2.75) is 157 Å². The zero-order valence-corrected chi connectivity index (χ0v) is 62.5. The second-order valence-corrected chi connectivity index (χ2v) is 28.5. The van der Waals surface area contributed by atoms with E-state index in [1.54, 1.807) is 121 Å². The minimum atomic E-state index is -1.64. The van der Waals surface area contributed by atoms with Crippen LogP contribution >= 0.6 is 0 Å². The fourth-order valence-electron chi connectivity index (χ4n) is 15.0. The largest absolute Gasteiger partial charge is 0.453 e. The Hall–Kier alpha value is -9.74. The molecule has 15 rings (SSSR count). The van der Waals surface area contributed by atoms with Gasteiger partial charge in [0, 0.05) is 30.1 Å². The van der Waals surface area contributed by atoms with Crippen LogP contribution in [0.2, 0.25) is 0 Å². The molecule has 0 radical (unpaired) electrons. The van der Waals surface area contributed by atoms with Crippen molar-refractivity contribution in [3.05, 3.63) is 323 Å². The monoisotopic (exact) mass is 1540 g/mol. The quantitative estimate of drug-likeness (QED) is 0.0327. The zero-order valence-electron chi connectivity index (χ0n) is 62.5. The van der Waals surface area contributed by atoms with E-state index in [1.807, 2.05) is 166 Å². The van der Waals surface area contributed by atoms with Gasteiger partial charge in [-0.25, -0.2) is 19.2 Å². The summed E-state index contributed by atoms with van der Waals surface area (Å²) in [6, 6.07) is 81.3. The van der Waals surface area contributed by atoms with Crippen LogP contribution in [0.1, 0.15) is 95.7 Å². The number of ether oxygens (including phenoxy) is 19. The molecule has 588 valence electrons. The van der Waals surface area contributed by atoms with Gasteiger partial charge in [0.15, 0.2) is 62.2 Å². The Bertz CT molecular complexity index is 4450. The minimum Gasteiger partial charge on any atom is -0.453 e. The summed E-state index contributed by atoms with van der Waals surface area (Å²) >= 11 is 0. The van der Waals surface area contributed by atoms with Crippen molar-refractivity contribution in [3.8, 4) is 0 Å². The first kappa shape index (κ1) is 78.5. The number of rotatable bonds is 28. The molecule has 6 aliphatic heterocycles. The summed E-state index contributed by atoms with van der Waals surface area (Å²) in [6.45, 7) is 3.57. The van der Waals surface area contributed by atoms with Crippen LogP contribution < -0.4 is 0 Å². The molecule has 9 aromatic rings. The van der Waals surface area contributed by atoms with Gasteiger partial charge in [-0.3, -0.25) is 0 Å². The van der Waals surface area contributed by atoms with Crippen molar-refractivity contribution in [1.29, 1.82) is 0 Å². The highest BCUT2D eigenvalue weighted by molar-refractivity contribution is 5.91. The molecule has 6 aliphatic rings. The summed E-state index contributed by atoms with van der Waals surface area (Å²) in [7, 11) is 1.49. The molecule has 6 fully saturated rings. The number of esters is 4. The highest BCUT2D eigenvalue weighted by atomic mass is 16.8. The Labute approximate surface area is 655 Å². The van der Waals surface area contributed by atoms with Crippen molar-refractivity contribution < 1.29 is 109 Å². The smallest absolute Gasteiger partial charge is 0.338 e. The summed E-state index contributed by atoms with van der Waals surface area (Å²) in [5.41, 5.74) is 4.80. The summed E-state index contributed by atoms with van der Waals surface area (Å²) in [6.07, 6.45) is -24.5. The third-order valence-corrected chi connectivity index (χ3v) is 20.9. The lowest BCUT2D eigenvalue weighted by Gasteiger charge is -2.53. The average Bonchev–Trinajstić information content (AvgIpc) is 0.755. The molecule has 22 unspecified atom stereocenters. The highest BCUT2D eigenvalue weighted by Gasteiger charge is 2.61. The van der Waals surface area contributed by atoms with Gasteiger partial charge < -0.3 is 90.0 Å². The molecule has 0 bridgehead atoms. The lowest BCUT2D eigenvalue weighted by atomic mass is 9.89. The molecule has 23 nitrogen and oxygen atoms in total. The Morgan fingerprint density at radius 2 is 0.619 bits per heavy atom. The maximum absolute atomic E-state index is 15.3. The van der Waals surface area contributed by atoms with Gasteiger partial charge in [0.1, 0.15) is 48.8 Å². The van der Waals surface area contributed by atoms with E-state index in [9.17, 15) is 9.59 Å². The molecule has 0 amide bonds. The standard InChI is InChI=1S/C90H90O23/c1-56-71(67(52-96-49-58-31-13-4-14-32-58)101-87(98-51-60-35-17-6-18-36-60)73(56)105-81(91)61-37-19-7-20-38-61)110-90-80(108-84(94)64-43-25-10-26-44-64)78(76-70(104-90)55-100-86(112-76)66-47-29-12-30-48-66)113-88-74(106-82(92)62-39-21-8-22-40-62)57(2)72(68(102-88)53-97-50-59-33-15-5-16-34-59)109-89-79(107-83(93)63-41-23-9-24-42-63)77(95-3)75-69(103-89)54-99-85(111-75)65-45-27-11-28-46-65/h4-48,56-57,67-80,85-90H,49-55H2,1-3H3. The van der Waals surface area contributed by atoms with Gasteiger partial charge in [0.05, 0.1) is 80.7 Å². The Balaban J connectivity index is 0.824. The fraction of sp³-hybridized carbons (Fsp3) is 0.356. The van der Waals surface area contributed by atoms with Crippen LogP contribution in [0.25, 0.3) is 0 Å². The summed E-state index contributed by atoms with van der Waals surface area (Å²) in [5.74, 6) is -4.74. The molecule has 22 atom stereocenters. The third-order valence-electron chi connectivity index (χ3n) is 20.9. The van der Waals surface area contributed by atoms with Crippen molar-refractivity contribution in [2.75, 3.05) is 33.5 Å². The molecular formula is C90H90O23. The van der Waals surface area contributed by atoms with Crippen LogP contribution in [0.15, 0.2) is 273 Å². The van der Waals surface area contributed by atoms with E-state index in [1.165, 1.54) is 7.11 Å². The molecule has 23 heteroatoms. The van der Waals surface area contributed by atoms with Crippen LogP contribution in [-0.4, -0.2) is 168 Å². The minimum absolute atomic E-state index is 0.00441. The molecule has 0 saturated carbocycles. The maximum atomic E-state index is 15.3. The Kier molecular flexibility index (Phi) is 26.4. The van der Waals surface area contributed by atoms with E-state index in [4.69, 9.17) is 90.0 Å². The van der Waals surface area contributed by atoms with E-state index >= 15 is 9.59 Å². The molecule has 0 N–H and O–H groups in total. The molecule has 0 aliphatic carbocycles. The summed E-state index contributed by atoms with van der Waals surface area (Å²) in [4.78, 5) is 59.5. The van der Waals surface area contributed by atoms with Gasteiger partial charge >= 0.3 is 23.9 Å². The number of fused-ring (bicyclic) bond motifs is 2. The van der Waals surface area contributed by atoms with E-state index in [-0.39, 0.29) is 68.5 Å². The molecule has 6 heterocycles. The normalized spacial score (nSPS) is 30.1. The number of benzene rings is 9. The second-order valence-electron chi connectivity index (χ2n) is 28.5. The van der Waals surface area contributed by atoms with Crippen LogP contribution in [0.5, 0.6) is 0 Å². The first-order chi connectivity index (χ1) is 55.5. The van der Waals surface area contributed by atoms with E-state index in [0.29, 0.717) is 5.56 Å². The summed E-state index contributed by atoms with van der Waals surface area (Å²) < 4.78 is 131. The third kappa shape index (κ3) is 19.2. The summed E-state index contributed by atoms with van der Waals surface area (Å²) in [5, 5.41) is 0. The molecule has 0 spiro atoms. The fourth-order valence-corrected chi connectivity index (χ4v) is 15.0. The topological polar surface area (TPSA) is 244 Å². The predicted octanol–water partition coefficient (Wildman–Crippen LogP) is 13.1. The van der Waals surface area contributed by atoms with Gasteiger partial charge in [-0.15, -0.1) is 0 Å². The molecular weight excluding hydrogens is 1450 g/mol. The van der Waals surface area contributed by atoms with Gasteiger partial charge in [-0.2, -0.15) is 0 Å². The zero-order chi connectivity index (χ0) is 77.4. The van der Waals surface area contributed by atoms with Crippen LogP contribution in [0, 0.1) is 11.8 Å². The highest BCUT2D eigenvalue weighted by Crippen LogP contribution is 2.45. The lowest BCUT2D eigenvalue weighted by molar-refractivity contribution is -0.408. The van der Waals surface area contributed by atoms with Crippen molar-refractivity contribution in [3.63, 3.8) is 0 Å². The van der Waals surface area contributed by atoms with Gasteiger partial charge in [0.2, 0.25) is 0 Å². The van der Waals surface area contributed by atoms with Gasteiger partial charge in [0.25, 0.3) is 0 Å². The predicted molar refractivity (Wildman–Crippen MR) is 404 cm³/mol. The molecule has 113 heavy (non-hydrogen) atoms. The number of carbonyl (C=O) groups excluding carboxylic acids is 4. The number of carbonyl (C=O) groups is 4. The van der Waals surface area contributed by atoms with E-state index in [2.05, 4.69) is 0 Å². The van der Waals surface area contributed by atoms with Gasteiger partial charge in [-0.1, -0.05) is 238 Å². The Morgan fingerprint density at radius 3 is 1.00 bits per heavy atom. The van der Waals surface area contributed by atoms with Crippen molar-refractivity contribution >= 4 is 23.9 Å². The van der Waals surface area contributed by atoms with Gasteiger partial charge in [-0.05, 0) is 65.2 Å². The second kappa shape index (κ2) is 37.9. The average molecular weight is 1540 g/mol. The van der Waals surface area contributed by atoms with Crippen molar-refractivity contribution in [2.24, 2.45) is 11.8 Å². The van der Waals surface area contributed by atoms with Crippen molar-refractivity contribution in [1.82, 2.24) is 0 Å². The number of hydrogen-bond donors (Lipinski definition) is 0. The van der Waals surface area contributed by atoms with E-state index < -0.39 is 159 Å².